The largest absolute Gasteiger partial charge is 0.416 e. The van der Waals surface area contributed by atoms with Crippen LogP contribution in [0.3, 0.4) is 0 Å². The second-order valence-electron chi connectivity index (χ2n) is 6.49. The van der Waals surface area contributed by atoms with Crippen LogP contribution in [0, 0.1) is 0 Å². The summed E-state index contributed by atoms with van der Waals surface area (Å²) in [6, 6.07) is 6.24. The normalized spacial score (nSPS) is 17.1. The number of nitrogens with zero attached hydrogens (tertiary/aromatic N) is 5. The lowest BCUT2D eigenvalue weighted by molar-refractivity contribution is -0.137. The van der Waals surface area contributed by atoms with Crippen molar-refractivity contribution in [3.63, 3.8) is 0 Å². The molecule has 1 fully saturated rings. The van der Waals surface area contributed by atoms with Crippen LogP contribution >= 0.6 is 0 Å². The molecule has 0 saturated carbocycles. The van der Waals surface area contributed by atoms with Crippen molar-refractivity contribution in [3.8, 4) is 5.69 Å². The highest BCUT2D eigenvalue weighted by atomic mass is 19.4. The van der Waals surface area contributed by atoms with Crippen LogP contribution in [0.1, 0.15) is 18.0 Å². The average molecular weight is 390 g/mol. The fourth-order valence-corrected chi connectivity index (χ4v) is 3.26. The van der Waals surface area contributed by atoms with E-state index in [0.29, 0.717) is 18.8 Å². The summed E-state index contributed by atoms with van der Waals surface area (Å²) in [5.74, 6) is 0. The molecule has 2 amide bonds. The van der Waals surface area contributed by atoms with E-state index in [-0.39, 0.29) is 11.7 Å². The summed E-state index contributed by atoms with van der Waals surface area (Å²) in [4.78, 5) is 14.3. The van der Waals surface area contributed by atoms with Gasteiger partial charge in [0.25, 0.3) is 0 Å². The molecule has 3 heterocycles. The zero-order valence-electron chi connectivity index (χ0n) is 14.7. The van der Waals surface area contributed by atoms with E-state index in [4.69, 9.17) is 0 Å². The highest BCUT2D eigenvalue weighted by Gasteiger charge is 2.32. The molecule has 1 saturated heterocycles. The van der Waals surface area contributed by atoms with Crippen molar-refractivity contribution in [2.45, 2.75) is 18.6 Å². The monoisotopic (exact) mass is 390 g/mol. The van der Waals surface area contributed by atoms with Crippen LogP contribution in [-0.4, -0.2) is 43.6 Å². The van der Waals surface area contributed by atoms with E-state index in [1.54, 1.807) is 28.0 Å². The van der Waals surface area contributed by atoms with Gasteiger partial charge in [-0.1, -0.05) is 0 Å². The maximum Gasteiger partial charge on any atom is 0.416 e. The topological polar surface area (TPSA) is 68.0 Å². The molecule has 1 aromatic carbocycles. The Hall–Kier alpha value is -3.30. The molecule has 7 nitrogen and oxygen atoms in total. The minimum atomic E-state index is -4.51. The van der Waals surface area contributed by atoms with Crippen molar-refractivity contribution in [2.75, 3.05) is 18.4 Å². The molecule has 0 aliphatic carbocycles. The van der Waals surface area contributed by atoms with Gasteiger partial charge in [0.1, 0.15) is 0 Å². The van der Waals surface area contributed by atoms with Crippen LogP contribution in [0.2, 0.25) is 0 Å². The zero-order valence-corrected chi connectivity index (χ0v) is 14.7. The summed E-state index contributed by atoms with van der Waals surface area (Å²) in [7, 11) is 0. The quantitative estimate of drug-likeness (QED) is 0.744. The van der Waals surface area contributed by atoms with Crippen LogP contribution in [0.15, 0.2) is 55.1 Å². The molecule has 1 atom stereocenters. The van der Waals surface area contributed by atoms with Crippen LogP contribution in [0.4, 0.5) is 23.7 Å². The molecular weight excluding hydrogens is 373 g/mol. The molecular formula is C18H17F3N6O. The Morgan fingerprint density at radius 1 is 1.14 bits per heavy atom. The van der Waals surface area contributed by atoms with E-state index in [2.05, 4.69) is 15.5 Å². The number of hydrogen-bond donors (Lipinski definition) is 1. The molecule has 0 bridgehead atoms. The van der Waals surface area contributed by atoms with Gasteiger partial charge in [0.05, 0.1) is 23.0 Å². The maximum absolute atomic E-state index is 13.1. The van der Waals surface area contributed by atoms with Crippen molar-refractivity contribution in [3.05, 3.63) is 60.7 Å². The first-order chi connectivity index (χ1) is 13.4. The molecule has 28 heavy (non-hydrogen) atoms. The Morgan fingerprint density at radius 2 is 1.93 bits per heavy atom. The molecule has 0 radical (unpaired) electrons. The van der Waals surface area contributed by atoms with E-state index in [1.165, 1.54) is 16.9 Å². The van der Waals surface area contributed by atoms with Gasteiger partial charge in [-0.25, -0.2) is 9.48 Å². The fourth-order valence-electron chi connectivity index (χ4n) is 3.26. The SMILES string of the molecule is O=C(Nc1cc(C(F)(F)F)ccc1-n1cccn1)N1CCC(n2cccn2)C1. The molecule has 4 rings (SSSR count). The molecule has 10 heteroatoms. The van der Waals surface area contributed by atoms with E-state index < -0.39 is 17.8 Å². The van der Waals surface area contributed by atoms with E-state index >= 15 is 0 Å². The van der Waals surface area contributed by atoms with Gasteiger partial charge in [0, 0.05) is 37.9 Å². The lowest BCUT2D eigenvalue weighted by atomic mass is 10.1. The van der Waals surface area contributed by atoms with Crippen molar-refractivity contribution in [1.82, 2.24) is 24.5 Å². The smallest absolute Gasteiger partial charge is 0.322 e. The number of urea groups is 1. The number of benzene rings is 1. The van der Waals surface area contributed by atoms with Crippen molar-refractivity contribution in [1.29, 1.82) is 0 Å². The lowest BCUT2D eigenvalue weighted by Gasteiger charge is -2.20. The number of amides is 2. The van der Waals surface area contributed by atoms with Crippen molar-refractivity contribution >= 4 is 11.7 Å². The van der Waals surface area contributed by atoms with Gasteiger partial charge in [-0.2, -0.15) is 23.4 Å². The fraction of sp³-hybridized carbons (Fsp3) is 0.278. The third-order valence-electron chi connectivity index (χ3n) is 4.67. The van der Waals surface area contributed by atoms with Crippen LogP contribution in [0.25, 0.3) is 5.69 Å². The number of rotatable bonds is 3. The third-order valence-corrected chi connectivity index (χ3v) is 4.67. The predicted molar refractivity (Wildman–Crippen MR) is 95.0 cm³/mol. The van der Waals surface area contributed by atoms with Gasteiger partial charge in [0.15, 0.2) is 0 Å². The molecule has 3 aromatic rings. The Kier molecular flexibility index (Phi) is 4.54. The lowest BCUT2D eigenvalue weighted by Crippen LogP contribution is -2.33. The second kappa shape index (κ2) is 7.02. The minimum absolute atomic E-state index is 0.0473. The van der Waals surface area contributed by atoms with Crippen LogP contribution < -0.4 is 5.32 Å². The van der Waals surface area contributed by atoms with Crippen LogP contribution in [0.5, 0.6) is 0 Å². The van der Waals surface area contributed by atoms with E-state index in [0.717, 1.165) is 18.6 Å². The first-order valence-corrected chi connectivity index (χ1v) is 8.68. The second-order valence-corrected chi connectivity index (χ2v) is 6.49. The number of aromatic nitrogens is 4. The third kappa shape index (κ3) is 3.57. The zero-order chi connectivity index (χ0) is 19.7. The Bertz CT molecular complexity index is 952. The minimum Gasteiger partial charge on any atom is -0.322 e. The Balaban J connectivity index is 1.57. The number of hydrogen-bond acceptors (Lipinski definition) is 3. The summed E-state index contributed by atoms with van der Waals surface area (Å²) in [5, 5.41) is 10.8. The summed E-state index contributed by atoms with van der Waals surface area (Å²) in [6.07, 6.45) is 2.82. The number of likely N-dealkylation sites (tertiary alicyclic amines) is 1. The van der Waals surface area contributed by atoms with Gasteiger partial charge < -0.3 is 10.2 Å². The average Bonchev–Trinajstić information content (AvgIpc) is 3.42. The Morgan fingerprint density at radius 3 is 2.61 bits per heavy atom. The first kappa shape index (κ1) is 18.1. The summed E-state index contributed by atoms with van der Waals surface area (Å²) in [5.41, 5.74) is -0.435. The first-order valence-electron chi connectivity index (χ1n) is 8.68. The molecule has 2 aromatic heterocycles. The summed E-state index contributed by atoms with van der Waals surface area (Å²) in [6.45, 7) is 0.927. The summed E-state index contributed by atoms with van der Waals surface area (Å²) >= 11 is 0. The molecule has 1 aliphatic heterocycles. The maximum atomic E-state index is 13.1. The van der Waals surface area contributed by atoms with E-state index in [9.17, 15) is 18.0 Å². The number of alkyl halides is 3. The van der Waals surface area contributed by atoms with Gasteiger partial charge >= 0.3 is 12.2 Å². The predicted octanol–water partition coefficient (Wildman–Crippen LogP) is 3.57. The van der Waals surface area contributed by atoms with Gasteiger partial charge in [0.2, 0.25) is 0 Å². The standard InChI is InChI=1S/C18H17F3N6O/c19-18(20,21)13-3-4-16(27-9-2-7-23-27)15(11-13)24-17(28)25-10-5-14(12-25)26-8-1-6-22-26/h1-4,6-9,11,14H,5,10,12H2,(H,24,28). The molecule has 1 unspecified atom stereocenters. The number of carbonyl (C=O) groups excluding carboxylic acids is 1. The van der Waals surface area contributed by atoms with Crippen molar-refractivity contribution in [2.24, 2.45) is 0 Å². The molecule has 146 valence electrons. The summed E-state index contributed by atoms with van der Waals surface area (Å²) < 4.78 is 42.6. The molecule has 1 N–H and O–H groups in total. The number of carbonyl (C=O) groups is 1. The highest BCUT2D eigenvalue weighted by Crippen LogP contribution is 2.33. The number of anilines is 1. The number of nitrogens with one attached hydrogen (secondary N) is 1. The van der Waals surface area contributed by atoms with Gasteiger partial charge in [-0.05, 0) is 36.8 Å². The molecule has 0 spiro atoms. The van der Waals surface area contributed by atoms with Gasteiger partial charge in [-0.15, -0.1) is 0 Å². The highest BCUT2D eigenvalue weighted by molar-refractivity contribution is 5.92. The van der Waals surface area contributed by atoms with Crippen LogP contribution in [-0.2, 0) is 6.18 Å². The van der Waals surface area contributed by atoms with E-state index in [1.807, 2.05) is 12.3 Å². The number of halogens is 3. The van der Waals surface area contributed by atoms with Gasteiger partial charge in [-0.3, -0.25) is 4.68 Å². The molecule has 1 aliphatic rings. The Labute approximate surface area is 158 Å². The van der Waals surface area contributed by atoms with Crippen molar-refractivity contribution < 1.29 is 18.0 Å².